The summed E-state index contributed by atoms with van der Waals surface area (Å²) in [5, 5.41) is 9.46. The van der Waals surface area contributed by atoms with Gasteiger partial charge in [-0.1, -0.05) is 164 Å². The predicted octanol–water partition coefficient (Wildman–Crippen LogP) is 15.5. The van der Waals surface area contributed by atoms with Crippen molar-refractivity contribution in [2.45, 2.75) is 0 Å². The Hall–Kier alpha value is -7.42. The lowest BCUT2D eigenvalue weighted by molar-refractivity contribution is 0.672. The van der Waals surface area contributed by atoms with E-state index in [2.05, 4.69) is 217 Å². The molecule has 0 unspecified atom stereocenters. The van der Waals surface area contributed by atoms with E-state index in [-0.39, 0.29) is 0 Å². The summed E-state index contributed by atoms with van der Waals surface area (Å²) in [4.78, 5) is 2.39. The lowest BCUT2D eigenvalue weighted by Crippen LogP contribution is -2.10. The smallest absolute Gasteiger partial charge is 0.143 e. The van der Waals surface area contributed by atoms with E-state index in [1.54, 1.807) is 0 Å². The van der Waals surface area contributed by atoms with Crippen LogP contribution < -0.4 is 4.90 Å². The van der Waals surface area contributed by atoms with Gasteiger partial charge in [-0.25, -0.2) is 0 Å². The number of anilines is 3. The van der Waals surface area contributed by atoms with Crippen LogP contribution in [0.3, 0.4) is 0 Å². The van der Waals surface area contributed by atoms with E-state index in [1.807, 2.05) is 0 Å². The molecule has 0 amide bonds. The van der Waals surface area contributed by atoms with Crippen molar-refractivity contribution in [2.24, 2.45) is 0 Å². The molecule has 0 radical (unpaired) electrons. The van der Waals surface area contributed by atoms with Crippen LogP contribution in [0.1, 0.15) is 0 Å². The molecule has 0 saturated heterocycles. The maximum Gasteiger partial charge on any atom is 0.143 e. The summed E-state index contributed by atoms with van der Waals surface area (Å²) >= 11 is 0. The van der Waals surface area contributed by atoms with Gasteiger partial charge in [-0.05, 0) is 109 Å². The zero-order valence-electron chi connectivity index (χ0n) is 30.6. The second-order valence-electron chi connectivity index (χ2n) is 14.5. The molecule has 2 heteroatoms. The summed E-state index contributed by atoms with van der Waals surface area (Å²) in [5.74, 6) is 0. The molecule has 1 heterocycles. The van der Waals surface area contributed by atoms with Crippen LogP contribution in [0.2, 0.25) is 0 Å². The van der Waals surface area contributed by atoms with Crippen LogP contribution in [-0.4, -0.2) is 0 Å². The first-order chi connectivity index (χ1) is 27.8. The van der Waals surface area contributed by atoms with E-state index in [1.165, 1.54) is 60.3 Å². The summed E-state index contributed by atoms with van der Waals surface area (Å²) in [6, 6.07) is 76.5. The molecular formula is C54H35NO. The van der Waals surface area contributed by atoms with Crippen LogP contribution in [0.5, 0.6) is 0 Å². The van der Waals surface area contributed by atoms with Crippen LogP contribution in [0, 0.1) is 0 Å². The van der Waals surface area contributed by atoms with Crippen molar-refractivity contribution in [1.82, 2.24) is 0 Å². The summed E-state index contributed by atoms with van der Waals surface area (Å²) in [6.07, 6.45) is 0. The minimum atomic E-state index is 0.867. The van der Waals surface area contributed by atoms with Crippen LogP contribution in [-0.2, 0) is 0 Å². The third-order valence-electron chi connectivity index (χ3n) is 11.2. The first kappa shape index (κ1) is 32.0. The lowest BCUT2D eigenvalue weighted by Gasteiger charge is -2.27. The quantitative estimate of drug-likeness (QED) is 0.171. The molecule has 0 aliphatic carbocycles. The zero-order valence-corrected chi connectivity index (χ0v) is 30.6. The van der Waals surface area contributed by atoms with Gasteiger partial charge < -0.3 is 9.32 Å². The fraction of sp³-hybridized carbons (Fsp3) is 0. The highest BCUT2D eigenvalue weighted by molar-refractivity contribution is 6.19. The Kier molecular flexibility index (Phi) is 7.53. The van der Waals surface area contributed by atoms with Gasteiger partial charge in [0.1, 0.15) is 11.2 Å². The molecule has 262 valence electrons. The van der Waals surface area contributed by atoms with Crippen molar-refractivity contribution < 1.29 is 4.42 Å². The monoisotopic (exact) mass is 713 g/mol. The number of rotatable bonds is 6. The Labute approximate surface area is 325 Å². The molecule has 0 fully saturated rings. The normalized spacial score (nSPS) is 11.6. The Bertz CT molecular complexity index is 3250. The van der Waals surface area contributed by atoms with Crippen molar-refractivity contribution in [2.75, 3.05) is 4.90 Å². The third kappa shape index (κ3) is 5.34. The van der Waals surface area contributed by atoms with Gasteiger partial charge in [0.05, 0.1) is 11.1 Å². The number of benzene rings is 10. The standard InChI is InChI=1S/C54H35NO/c1-4-21-45-37(12-1)15-9-24-47(45)41-18-7-17-40(34-41)36-28-31-43(32-29-36)55(44-20-8-19-42(35-44)48-25-10-16-38-13-2-5-22-46(38)48)51-26-11-27-52-53(51)50-33-30-39-14-3-6-23-49(39)54(50)56-52/h1-35H. The minimum Gasteiger partial charge on any atom is -0.455 e. The van der Waals surface area contributed by atoms with Gasteiger partial charge in [-0.3, -0.25) is 0 Å². The first-order valence-corrected chi connectivity index (χ1v) is 19.2. The van der Waals surface area contributed by atoms with E-state index in [0.29, 0.717) is 0 Å². The van der Waals surface area contributed by atoms with Crippen molar-refractivity contribution in [3.05, 3.63) is 212 Å². The highest BCUT2D eigenvalue weighted by Gasteiger charge is 2.21. The van der Waals surface area contributed by atoms with Crippen LogP contribution >= 0.6 is 0 Å². The molecular weight excluding hydrogens is 679 g/mol. The Morgan fingerprint density at radius 3 is 1.59 bits per heavy atom. The van der Waals surface area contributed by atoms with E-state index < -0.39 is 0 Å². The van der Waals surface area contributed by atoms with Crippen molar-refractivity contribution >= 4 is 71.3 Å². The fourth-order valence-electron chi connectivity index (χ4n) is 8.58. The molecule has 11 rings (SSSR count). The number of hydrogen-bond donors (Lipinski definition) is 0. The molecule has 11 aromatic rings. The van der Waals surface area contributed by atoms with Crippen molar-refractivity contribution in [3.63, 3.8) is 0 Å². The van der Waals surface area contributed by atoms with Crippen LogP contribution in [0.15, 0.2) is 217 Å². The molecule has 0 spiro atoms. The Balaban J connectivity index is 1.08. The molecule has 0 N–H and O–H groups in total. The maximum atomic E-state index is 6.69. The third-order valence-corrected chi connectivity index (χ3v) is 11.2. The molecule has 2 nitrogen and oxygen atoms in total. The Morgan fingerprint density at radius 1 is 0.321 bits per heavy atom. The van der Waals surface area contributed by atoms with E-state index in [9.17, 15) is 0 Å². The summed E-state index contributed by atoms with van der Waals surface area (Å²) in [7, 11) is 0. The van der Waals surface area contributed by atoms with E-state index in [0.717, 1.165) is 44.4 Å². The summed E-state index contributed by atoms with van der Waals surface area (Å²) in [5.41, 5.74) is 12.2. The van der Waals surface area contributed by atoms with Gasteiger partial charge in [-0.15, -0.1) is 0 Å². The van der Waals surface area contributed by atoms with Crippen LogP contribution in [0.4, 0.5) is 17.1 Å². The average molecular weight is 714 g/mol. The topological polar surface area (TPSA) is 16.4 Å². The van der Waals surface area contributed by atoms with Gasteiger partial charge in [0.25, 0.3) is 0 Å². The van der Waals surface area contributed by atoms with Gasteiger partial charge in [0, 0.05) is 22.1 Å². The number of furan rings is 1. The maximum absolute atomic E-state index is 6.69. The largest absolute Gasteiger partial charge is 0.455 e. The average Bonchev–Trinajstić information content (AvgIpc) is 3.67. The van der Waals surface area contributed by atoms with Gasteiger partial charge >= 0.3 is 0 Å². The van der Waals surface area contributed by atoms with Crippen molar-refractivity contribution in [1.29, 1.82) is 0 Å². The summed E-state index contributed by atoms with van der Waals surface area (Å²) < 4.78 is 6.69. The zero-order chi connectivity index (χ0) is 37.0. The van der Waals surface area contributed by atoms with Gasteiger partial charge in [0.15, 0.2) is 0 Å². The second-order valence-corrected chi connectivity index (χ2v) is 14.5. The molecule has 0 saturated carbocycles. The first-order valence-electron chi connectivity index (χ1n) is 19.2. The van der Waals surface area contributed by atoms with Crippen molar-refractivity contribution in [3.8, 4) is 33.4 Å². The number of nitrogens with zero attached hydrogens (tertiary/aromatic N) is 1. The Morgan fingerprint density at radius 2 is 0.875 bits per heavy atom. The highest BCUT2D eigenvalue weighted by atomic mass is 16.3. The molecule has 1 aromatic heterocycles. The fourth-order valence-corrected chi connectivity index (χ4v) is 8.58. The molecule has 0 aliphatic rings. The molecule has 56 heavy (non-hydrogen) atoms. The molecule has 0 bridgehead atoms. The van der Waals surface area contributed by atoms with E-state index >= 15 is 0 Å². The minimum absolute atomic E-state index is 0.867. The lowest BCUT2D eigenvalue weighted by atomic mass is 9.95. The predicted molar refractivity (Wildman–Crippen MR) is 237 cm³/mol. The molecule has 10 aromatic carbocycles. The van der Waals surface area contributed by atoms with Gasteiger partial charge in [-0.2, -0.15) is 0 Å². The molecule has 0 atom stereocenters. The van der Waals surface area contributed by atoms with Crippen LogP contribution in [0.25, 0.3) is 87.6 Å². The number of hydrogen-bond acceptors (Lipinski definition) is 2. The summed E-state index contributed by atoms with van der Waals surface area (Å²) in [6.45, 7) is 0. The highest BCUT2D eigenvalue weighted by Crippen LogP contribution is 2.45. The van der Waals surface area contributed by atoms with E-state index in [4.69, 9.17) is 4.42 Å². The molecule has 0 aliphatic heterocycles. The second kappa shape index (κ2) is 13.2. The number of fused-ring (bicyclic) bond motifs is 7. The van der Waals surface area contributed by atoms with Gasteiger partial charge in [0.2, 0.25) is 0 Å². The SMILES string of the molecule is c1cc(-c2ccc(N(c3cccc(-c4cccc5ccccc45)c3)c3cccc4oc5c6ccccc6ccc5c34)cc2)cc(-c2cccc3ccccc23)c1.